The van der Waals surface area contributed by atoms with Crippen molar-refractivity contribution in [3.8, 4) is 34.5 Å². The minimum atomic E-state index is -1.08. The summed E-state index contributed by atoms with van der Waals surface area (Å²) in [5, 5.41) is 4.48. The quantitative estimate of drug-likeness (QED) is 0.186. The first-order chi connectivity index (χ1) is 21.3. The molecule has 0 aliphatic carbocycles. The van der Waals surface area contributed by atoms with Crippen molar-refractivity contribution >= 4 is 41.0 Å². The maximum absolute atomic E-state index is 6.53. The van der Waals surface area contributed by atoms with Crippen LogP contribution in [0.2, 0.25) is 0 Å². The van der Waals surface area contributed by atoms with Crippen molar-refractivity contribution in [3.05, 3.63) is 115 Å². The Labute approximate surface area is 257 Å². The van der Waals surface area contributed by atoms with E-state index >= 15 is 0 Å². The SMILES string of the molecule is CC1(C)OP(Oc2ccc3c(c2)c2c4ccccc4ccc2n3-c2nc(-c3ccccc3)nc(-c3ccccc3)n2)C1(C)C. The number of hydrogen-bond acceptors (Lipinski definition) is 5. The fraction of sp³-hybridized carbons (Fsp3) is 0.162. The van der Waals surface area contributed by atoms with Gasteiger partial charge in [0.05, 0.1) is 21.8 Å². The Balaban J connectivity index is 1.38. The van der Waals surface area contributed by atoms with E-state index in [4.69, 9.17) is 24.0 Å². The molecule has 1 aliphatic rings. The molecule has 216 valence electrons. The van der Waals surface area contributed by atoms with Gasteiger partial charge in [0.1, 0.15) is 5.75 Å². The van der Waals surface area contributed by atoms with Gasteiger partial charge in [-0.05, 0) is 62.7 Å². The first-order valence-corrected chi connectivity index (χ1v) is 16.0. The van der Waals surface area contributed by atoms with Crippen LogP contribution < -0.4 is 4.52 Å². The second-order valence-electron chi connectivity index (χ2n) is 12.2. The summed E-state index contributed by atoms with van der Waals surface area (Å²) in [5.41, 5.74) is 3.66. The normalized spacial score (nSPS) is 17.1. The summed E-state index contributed by atoms with van der Waals surface area (Å²) < 4.78 is 14.9. The lowest BCUT2D eigenvalue weighted by Crippen LogP contribution is -2.55. The number of aromatic nitrogens is 4. The van der Waals surface area contributed by atoms with Gasteiger partial charge in [-0.3, -0.25) is 4.57 Å². The maximum atomic E-state index is 6.53. The molecule has 0 bridgehead atoms. The van der Waals surface area contributed by atoms with E-state index in [-0.39, 0.29) is 10.8 Å². The molecule has 44 heavy (non-hydrogen) atoms. The first-order valence-electron chi connectivity index (χ1n) is 14.8. The molecule has 7 heteroatoms. The number of fused-ring (bicyclic) bond motifs is 5. The Morgan fingerprint density at radius 3 is 1.89 bits per heavy atom. The molecule has 6 nitrogen and oxygen atoms in total. The number of rotatable bonds is 5. The van der Waals surface area contributed by atoms with Gasteiger partial charge in [-0.2, -0.15) is 9.97 Å². The van der Waals surface area contributed by atoms with Crippen LogP contribution in [-0.2, 0) is 4.52 Å². The zero-order chi connectivity index (χ0) is 30.1. The molecular weight excluding hydrogens is 563 g/mol. The summed E-state index contributed by atoms with van der Waals surface area (Å²) in [6, 6.07) is 39.3. The topological polar surface area (TPSA) is 62.1 Å². The third kappa shape index (κ3) is 4.21. The van der Waals surface area contributed by atoms with Gasteiger partial charge in [0.25, 0.3) is 0 Å². The van der Waals surface area contributed by atoms with Crippen LogP contribution in [0.1, 0.15) is 27.7 Å². The molecular formula is C37H31N4O2P. The zero-order valence-corrected chi connectivity index (χ0v) is 25.9. The summed E-state index contributed by atoms with van der Waals surface area (Å²) in [7, 11) is -1.08. The third-order valence-corrected chi connectivity index (χ3v) is 11.4. The van der Waals surface area contributed by atoms with Crippen molar-refractivity contribution in [3.63, 3.8) is 0 Å². The van der Waals surface area contributed by atoms with Crippen LogP contribution in [0.3, 0.4) is 0 Å². The molecule has 1 saturated heterocycles. The van der Waals surface area contributed by atoms with Crippen LogP contribution in [0.4, 0.5) is 0 Å². The first kappa shape index (κ1) is 26.9. The molecule has 1 fully saturated rings. The molecule has 8 rings (SSSR count). The molecule has 0 saturated carbocycles. The number of hydrogen-bond donors (Lipinski definition) is 0. The Bertz CT molecular complexity index is 2140. The minimum Gasteiger partial charge on any atom is -0.447 e. The number of nitrogens with zero attached hydrogens (tertiary/aromatic N) is 4. The highest BCUT2D eigenvalue weighted by atomic mass is 31.2. The monoisotopic (exact) mass is 594 g/mol. The van der Waals surface area contributed by atoms with Crippen molar-refractivity contribution in [2.45, 2.75) is 38.5 Å². The fourth-order valence-electron chi connectivity index (χ4n) is 5.78. The highest BCUT2D eigenvalue weighted by Crippen LogP contribution is 2.69. The molecule has 2 aromatic heterocycles. The molecule has 1 unspecified atom stereocenters. The van der Waals surface area contributed by atoms with Crippen molar-refractivity contribution < 1.29 is 9.05 Å². The van der Waals surface area contributed by atoms with Crippen molar-refractivity contribution in [2.75, 3.05) is 0 Å². The van der Waals surface area contributed by atoms with Gasteiger partial charge in [-0.1, -0.05) is 91.0 Å². The Morgan fingerprint density at radius 2 is 1.25 bits per heavy atom. The maximum Gasteiger partial charge on any atom is 0.239 e. The molecule has 1 atom stereocenters. The van der Waals surface area contributed by atoms with Crippen molar-refractivity contribution in [1.29, 1.82) is 0 Å². The van der Waals surface area contributed by atoms with Gasteiger partial charge < -0.3 is 9.05 Å². The molecule has 3 heterocycles. The summed E-state index contributed by atoms with van der Waals surface area (Å²) >= 11 is 0. The summed E-state index contributed by atoms with van der Waals surface area (Å²) in [6.07, 6.45) is 0. The highest BCUT2D eigenvalue weighted by molar-refractivity contribution is 7.51. The molecule has 5 aromatic carbocycles. The van der Waals surface area contributed by atoms with Crippen molar-refractivity contribution in [2.24, 2.45) is 0 Å². The van der Waals surface area contributed by atoms with Crippen molar-refractivity contribution in [1.82, 2.24) is 19.5 Å². The van der Waals surface area contributed by atoms with E-state index in [0.29, 0.717) is 17.6 Å². The Hall–Kier alpha value is -4.64. The summed E-state index contributed by atoms with van der Waals surface area (Å²) in [4.78, 5) is 15.1. The molecule has 1 aliphatic heterocycles. The standard InChI is InChI=1S/C37H31N4O2P/c1-36(2)37(3,4)44(43-36)42-27-20-22-30-29(23-27)32-28-18-12-11-13-24(28)19-21-31(32)41(30)35-39-33(25-14-7-5-8-15-25)38-34(40-35)26-16-9-6-10-17-26/h5-23H,1-4H3. The molecule has 0 amide bonds. The van der Waals surface area contributed by atoms with E-state index in [0.717, 1.165) is 38.7 Å². The Morgan fingerprint density at radius 1 is 0.636 bits per heavy atom. The smallest absolute Gasteiger partial charge is 0.239 e. The Kier molecular flexibility index (Phi) is 6.09. The molecule has 0 spiro atoms. The average Bonchev–Trinajstić information content (AvgIpc) is 3.39. The zero-order valence-electron chi connectivity index (χ0n) is 25.0. The van der Waals surface area contributed by atoms with E-state index in [1.165, 1.54) is 10.8 Å². The average molecular weight is 595 g/mol. The van der Waals surface area contributed by atoms with Gasteiger partial charge in [0.15, 0.2) is 11.6 Å². The van der Waals surface area contributed by atoms with E-state index in [1.54, 1.807) is 0 Å². The lowest BCUT2D eigenvalue weighted by molar-refractivity contribution is 0.00610. The van der Waals surface area contributed by atoms with Crippen LogP contribution in [0, 0.1) is 0 Å². The van der Waals surface area contributed by atoms with Gasteiger partial charge in [-0.15, -0.1) is 0 Å². The second-order valence-corrected chi connectivity index (χ2v) is 14.2. The number of benzene rings is 5. The second kappa shape index (κ2) is 9.95. The van der Waals surface area contributed by atoms with Gasteiger partial charge in [0.2, 0.25) is 14.3 Å². The molecule has 0 N–H and O–H groups in total. The molecule has 0 radical (unpaired) electrons. The van der Waals surface area contributed by atoms with E-state index < -0.39 is 8.38 Å². The van der Waals surface area contributed by atoms with Gasteiger partial charge >= 0.3 is 0 Å². The van der Waals surface area contributed by atoms with Crippen LogP contribution in [0.25, 0.3) is 61.3 Å². The largest absolute Gasteiger partial charge is 0.447 e. The van der Waals surface area contributed by atoms with Gasteiger partial charge in [-0.25, -0.2) is 4.98 Å². The van der Waals surface area contributed by atoms with Gasteiger partial charge in [0, 0.05) is 21.9 Å². The summed E-state index contributed by atoms with van der Waals surface area (Å²) in [5.74, 6) is 2.61. The van der Waals surface area contributed by atoms with E-state index in [2.05, 4.69) is 80.8 Å². The summed E-state index contributed by atoms with van der Waals surface area (Å²) in [6.45, 7) is 8.69. The predicted octanol–water partition coefficient (Wildman–Crippen LogP) is 9.73. The van der Waals surface area contributed by atoms with Crippen LogP contribution in [0.15, 0.2) is 115 Å². The highest BCUT2D eigenvalue weighted by Gasteiger charge is 2.59. The van der Waals surface area contributed by atoms with Crippen LogP contribution >= 0.6 is 8.38 Å². The van der Waals surface area contributed by atoms with Crippen LogP contribution in [-0.4, -0.2) is 30.3 Å². The lowest BCUT2D eigenvalue weighted by atomic mass is 9.93. The fourth-order valence-corrected chi connectivity index (χ4v) is 7.58. The minimum absolute atomic E-state index is 0.0649. The molecule has 7 aromatic rings. The van der Waals surface area contributed by atoms with Crippen LogP contribution in [0.5, 0.6) is 5.75 Å². The predicted molar refractivity (Wildman–Crippen MR) is 179 cm³/mol. The van der Waals surface area contributed by atoms with E-state index in [9.17, 15) is 0 Å². The lowest BCUT2D eigenvalue weighted by Gasteiger charge is -2.55. The third-order valence-electron chi connectivity index (χ3n) is 8.94. The van der Waals surface area contributed by atoms with E-state index in [1.807, 2.05) is 66.7 Å².